The lowest BCUT2D eigenvalue weighted by Crippen LogP contribution is -2.23. The van der Waals surface area contributed by atoms with Crippen molar-refractivity contribution in [3.8, 4) is 11.4 Å². The lowest BCUT2D eigenvalue weighted by Gasteiger charge is -2.03. The number of aromatic nitrogens is 2. The molecule has 7 heteroatoms. The van der Waals surface area contributed by atoms with Crippen LogP contribution in [0.3, 0.4) is 0 Å². The molecule has 0 radical (unpaired) electrons. The van der Waals surface area contributed by atoms with Gasteiger partial charge in [-0.1, -0.05) is 52.6 Å². The molecule has 3 aromatic rings. The molecule has 5 nitrogen and oxygen atoms in total. The number of nitrogens with zero attached hydrogens (tertiary/aromatic N) is 2. The van der Waals surface area contributed by atoms with E-state index in [0.29, 0.717) is 27.3 Å². The van der Waals surface area contributed by atoms with Gasteiger partial charge in [0, 0.05) is 10.6 Å². The highest BCUT2D eigenvalue weighted by Crippen LogP contribution is 2.20. The van der Waals surface area contributed by atoms with Gasteiger partial charge in [0.25, 0.3) is 5.91 Å². The maximum absolute atomic E-state index is 12.1. The Labute approximate surface area is 142 Å². The first kappa shape index (κ1) is 15.5. The predicted molar refractivity (Wildman–Crippen MR) is 87.4 cm³/mol. The van der Waals surface area contributed by atoms with E-state index in [2.05, 4.69) is 15.5 Å². The summed E-state index contributed by atoms with van der Waals surface area (Å²) in [5.41, 5.74) is 1.13. The van der Waals surface area contributed by atoms with E-state index in [1.807, 2.05) is 6.07 Å². The van der Waals surface area contributed by atoms with Gasteiger partial charge in [0.05, 0.1) is 17.1 Å². The zero-order valence-electron chi connectivity index (χ0n) is 11.8. The molecule has 0 aliphatic heterocycles. The normalized spacial score (nSPS) is 10.5. The predicted octanol–water partition coefficient (Wildman–Crippen LogP) is 3.97. The Balaban J connectivity index is 1.68. The lowest BCUT2D eigenvalue weighted by atomic mass is 10.2. The summed E-state index contributed by atoms with van der Waals surface area (Å²) in [4.78, 5) is 16.3. The Morgan fingerprint density at radius 2 is 1.96 bits per heavy atom. The quantitative estimate of drug-likeness (QED) is 0.775. The fourth-order valence-corrected chi connectivity index (χ4v) is 2.38. The van der Waals surface area contributed by atoms with E-state index in [4.69, 9.17) is 27.7 Å². The molecule has 0 saturated heterocycles. The monoisotopic (exact) mass is 347 g/mol. The van der Waals surface area contributed by atoms with Crippen molar-refractivity contribution in [2.24, 2.45) is 0 Å². The van der Waals surface area contributed by atoms with Gasteiger partial charge in [-0.15, -0.1) is 0 Å². The number of rotatable bonds is 4. The molecule has 23 heavy (non-hydrogen) atoms. The topological polar surface area (TPSA) is 68.0 Å². The van der Waals surface area contributed by atoms with Crippen molar-refractivity contribution < 1.29 is 9.32 Å². The number of benzene rings is 2. The SMILES string of the molecule is O=C(NCc1nc(-c2cccc(Cl)c2)no1)c1ccccc1Cl. The van der Waals surface area contributed by atoms with Crippen LogP contribution in [0.15, 0.2) is 53.1 Å². The zero-order valence-corrected chi connectivity index (χ0v) is 13.3. The standard InChI is InChI=1S/C16H11Cl2N3O2/c17-11-5-3-4-10(8-11)15-20-14(23-21-15)9-19-16(22)12-6-1-2-7-13(12)18/h1-8H,9H2,(H,19,22). The molecule has 2 aromatic carbocycles. The smallest absolute Gasteiger partial charge is 0.253 e. The Bertz CT molecular complexity index is 849. The number of amides is 1. The molecule has 0 unspecified atom stereocenters. The van der Waals surface area contributed by atoms with Crippen LogP contribution in [0, 0.1) is 0 Å². The second-order valence-corrected chi connectivity index (χ2v) is 5.53. The summed E-state index contributed by atoms with van der Waals surface area (Å²) >= 11 is 11.9. The molecule has 116 valence electrons. The molecule has 1 aromatic heterocycles. The van der Waals surface area contributed by atoms with Crippen LogP contribution in [0.1, 0.15) is 16.2 Å². The van der Waals surface area contributed by atoms with E-state index in [9.17, 15) is 4.79 Å². The molecular formula is C16H11Cl2N3O2. The number of hydrogen-bond acceptors (Lipinski definition) is 4. The Morgan fingerprint density at radius 1 is 1.13 bits per heavy atom. The number of nitrogens with one attached hydrogen (secondary N) is 1. The second-order valence-electron chi connectivity index (χ2n) is 4.68. The third-order valence-electron chi connectivity index (χ3n) is 3.07. The maximum atomic E-state index is 12.1. The molecule has 0 saturated carbocycles. The molecule has 1 amide bonds. The van der Waals surface area contributed by atoms with E-state index in [-0.39, 0.29) is 12.5 Å². The van der Waals surface area contributed by atoms with Crippen LogP contribution < -0.4 is 5.32 Å². The minimum atomic E-state index is -0.307. The molecule has 0 bridgehead atoms. The van der Waals surface area contributed by atoms with Gasteiger partial charge >= 0.3 is 0 Å². The van der Waals surface area contributed by atoms with Crippen molar-refractivity contribution in [2.75, 3.05) is 0 Å². The molecule has 0 spiro atoms. The van der Waals surface area contributed by atoms with Crippen LogP contribution in [0.25, 0.3) is 11.4 Å². The van der Waals surface area contributed by atoms with E-state index in [1.54, 1.807) is 42.5 Å². The van der Waals surface area contributed by atoms with E-state index in [1.165, 1.54) is 0 Å². The maximum Gasteiger partial charge on any atom is 0.253 e. The van der Waals surface area contributed by atoms with Gasteiger partial charge < -0.3 is 9.84 Å². The fourth-order valence-electron chi connectivity index (χ4n) is 1.97. The molecule has 0 aliphatic rings. The van der Waals surface area contributed by atoms with Crippen molar-refractivity contribution in [1.82, 2.24) is 15.5 Å². The fraction of sp³-hybridized carbons (Fsp3) is 0.0625. The average Bonchev–Trinajstić information content (AvgIpc) is 3.02. The molecule has 1 heterocycles. The second kappa shape index (κ2) is 6.81. The summed E-state index contributed by atoms with van der Waals surface area (Å²) in [5, 5.41) is 7.53. The molecule has 3 rings (SSSR count). The van der Waals surface area contributed by atoms with Crippen LogP contribution in [-0.2, 0) is 6.54 Å². The first-order valence-electron chi connectivity index (χ1n) is 6.75. The van der Waals surface area contributed by atoms with Crippen LogP contribution in [-0.4, -0.2) is 16.0 Å². The van der Waals surface area contributed by atoms with Crippen LogP contribution in [0.2, 0.25) is 10.0 Å². The molecular weight excluding hydrogens is 337 g/mol. The summed E-state index contributed by atoms with van der Waals surface area (Å²) in [6.45, 7) is 0.109. The lowest BCUT2D eigenvalue weighted by molar-refractivity contribution is 0.0946. The summed E-state index contributed by atoms with van der Waals surface area (Å²) in [6.07, 6.45) is 0. The van der Waals surface area contributed by atoms with Gasteiger partial charge in [-0.2, -0.15) is 4.98 Å². The van der Waals surface area contributed by atoms with Gasteiger partial charge in [0.2, 0.25) is 11.7 Å². The average molecular weight is 348 g/mol. The number of carbonyl (C=O) groups is 1. The van der Waals surface area contributed by atoms with Crippen molar-refractivity contribution in [3.05, 3.63) is 70.0 Å². The highest BCUT2D eigenvalue weighted by molar-refractivity contribution is 6.33. The third kappa shape index (κ3) is 3.70. The zero-order chi connectivity index (χ0) is 16.2. The largest absolute Gasteiger partial charge is 0.343 e. The first-order valence-corrected chi connectivity index (χ1v) is 7.50. The van der Waals surface area contributed by atoms with Crippen molar-refractivity contribution >= 4 is 29.1 Å². The minimum Gasteiger partial charge on any atom is -0.343 e. The van der Waals surface area contributed by atoms with Gasteiger partial charge in [-0.3, -0.25) is 4.79 Å². The summed E-state index contributed by atoms with van der Waals surface area (Å²) in [5.74, 6) is 0.396. The number of hydrogen-bond donors (Lipinski definition) is 1. The Hall–Kier alpha value is -2.37. The highest BCUT2D eigenvalue weighted by Gasteiger charge is 2.12. The molecule has 0 fully saturated rings. The van der Waals surface area contributed by atoms with Gasteiger partial charge in [-0.25, -0.2) is 0 Å². The van der Waals surface area contributed by atoms with Crippen molar-refractivity contribution in [1.29, 1.82) is 0 Å². The molecule has 0 atom stereocenters. The van der Waals surface area contributed by atoms with E-state index < -0.39 is 0 Å². The summed E-state index contributed by atoms with van der Waals surface area (Å²) < 4.78 is 5.12. The van der Waals surface area contributed by atoms with Crippen LogP contribution in [0.5, 0.6) is 0 Å². The van der Waals surface area contributed by atoms with E-state index in [0.717, 1.165) is 5.56 Å². The van der Waals surface area contributed by atoms with Crippen LogP contribution >= 0.6 is 23.2 Å². The number of halogens is 2. The van der Waals surface area contributed by atoms with Gasteiger partial charge in [-0.05, 0) is 24.3 Å². The highest BCUT2D eigenvalue weighted by atomic mass is 35.5. The number of carbonyl (C=O) groups excluding carboxylic acids is 1. The minimum absolute atomic E-state index is 0.109. The first-order chi connectivity index (χ1) is 11.1. The van der Waals surface area contributed by atoms with Crippen molar-refractivity contribution in [3.63, 3.8) is 0 Å². The summed E-state index contributed by atoms with van der Waals surface area (Å²) in [6, 6.07) is 13.9. The van der Waals surface area contributed by atoms with Gasteiger partial charge in [0.15, 0.2) is 0 Å². The summed E-state index contributed by atoms with van der Waals surface area (Å²) in [7, 11) is 0. The third-order valence-corrected chi connectivity index (χ3v) is 3.63. The van der Waals surface area contributed by atoms with Crippen LogP contribution in [0.4, 0.5) is 0 Å². The van der Waals surface area contributed by atoms with Gasteiger partial charge in [0.1, 0.15) is 0 Å². The van der Waals surface area contributed by atoms with Crippen molar-refractivity contribution in [2.45, 2.75) is 6.54 Å². The molecule has 0 aliphatic carbocycles. The Morgan fingerprint density at radius 3 is 2.74 bits per heavy atom. The molecule has 1 N–H and O–H groups in total. The Kier molecular flexibility index (Phi) is 4.60. The van der Waals surface area contributed by atoms with E-state index >= 15 is 0 Å².